The van der Waals surface area contributed by atoms with Gasteiger partial charge in [-0.05, 0) is 111 Å². The zero-order chi connectivity index (χ0) is 49.1. The van der Waals surface area contributed by atoms with Crippen LogP contribution in [0.1, 0.15) is 89.8 Å². The fourth-order valence-corrected chi connectivity index (χ4v) is 11.6. The summed E-state index contributed by atoms with van der Waals surface area (Å²) in [7, 11) is 3.78. The number of nitrogens with one attached hydrogen (secondary N) is 2. The monoisotopic (exact) mass is 963 g/mol. The van der Waals surface area contributed by atoms with Gasteiger partial charge in [-0.2, -0.15) is 0 Å². The van der Waals surface area contributed by atoms with Gasteiger partial charge < -0.3 is 19.7 Å². The summed E-state index contributed by atoms with van der Waals surface area (Å²) in [6.07, 6.45) is 10.6. The van der Waals surface area contributed by atoms with Crippen LogP contribution in [-0.2, 0) is 29.7 Å². The molecule has 4 aromatic heterocycles. The Morgan fingerprint density at radius 2 is 1.61 bits per heavy atom. The van der Waals surface area contributed by atoms with Crippen LogP contribution >= 0.6 is 0 Å². The average molecular weight is 964 g/mol. The van der Waals surface area contributed by atoms with E-state index in [2.05, 4.69) is 59.2 Å². The number of imidazole rings is 1. The van der Waals surface area contributed by atoms with Gasteiger partial charge in [0.2, 0.25) is 11.8 Å². The van der Waals surface area contributed by atoms with E-state index in [-0.39, 0.29) is 41.3 Å². The first kappa shape index (κ1) is 46.7. The number of halogens is 1. The fraction of sp³-hybridized carbons (Fsp3) is 0.444. The van der Waals surface area contributed by atoms with Crippen molar-refractivity contribution < 1.29 is 18.8 Å². The molecule has 8 heterocycles. The number of aryl methyl sites for hydroxylation is 2. The quantitative estimate of drug-likeness (QED) is 0.148. The second-order valence-electron chi connectivity index (χ2n) is 20.4. The predicted molar refractivity (Wildman–Crippen MR) is 271 cm³/mol. The van der Waals surface area contributed by atoms with Gasteiger partial charge in [-0.15, -0.1) is 0 Å². The Labute approximate surface area is 411 Å². The minimum Gasteiger partial charge on any atom is -0.388 e. The van der Waals surface area contributed by atoms with Crippen molar-refractivity contribution in [3.8, 4) is 5.69 Å². The summed E-state index contributed by atoms with van der Waals surface area (Å²) in [6, 6.07) is 16.3. The van der Waals surface area contributed by atoms with Crippen molar-refractivity contribution in [2.75, 3.05) is 71.3 Å². The van der Waals surface area contributed by atoms with E-state index in [0.29, 0.717) is 56.1 Å². The molecule has 2 N–H and O–H groups in total. The number of hydrogen-bond donors (Lipinski definition) is 2. The van der Waals surface area contributed by atoms with Crippen LogP contribution in [0.25, 0.3) is 33.3 Å². The number of piperidine rings is 2. The SMILES string of the molecule is CNc1ccn(-c2ccnc3c2cc(CN2CC=C(c4c(C)cc(C(=O)N5CCC(CN6CCN(Cc7ccc8c(c7)n(C7CC7)c(=O)n8C7CCC(=O)NC7=O)CC6)CC5)cc4F)CC2)n3C)c(=O)c1. The Morgan fingerprint density at radius 1 is 0.817 bits per heavy atom. The molecule has 4 aliphatic heterocycles. The third-order valence-electron chi connectivity index (χ3n) is 15.7. The van der Waals surface area contributed by atoms with Gasteiger partial charge in [0.15, 0.2) is 0 Å². The largest absolute Gasteiger partial charge is 0.388 e. The molecule has 71 heavy (non-hydrogen) atoms. The molecule has 2 aromatic carbocycles. The van der Waals surface area contributed by atoms with Crippen LogP contribution in [0.3, 0.4) is 0 Å². The van der Waals surface area contributed by atoms with Gasteiger partial charge >= 0.3 is 5.69 Å². The van der Waals surface area contributed by atoms with E-state index >= 15 is 4.39 Å². The maximum Gasteiger partial charge on any atom is 0.330 e. The van der Waals surface area contributed by atoms with Crippen molar-refractivity contribution in [2.45, 2.75) is 77.0 Å². The van der Waals surface area contributed by atoms with Crippen LogP contribution in [0, 0.1) is 18.7 Å². The second kappa shape index (κ2) is 19.1. The molecule has 11 rings (SSSR count). The van der Waals surface area contributed by atoms with E-state index in [1.807, 2.05) is 47.7 Å². The lowest BCUT2D eigenvalue weighted by atomic mass is 9.92. The third kappa shape index (κ3) is 9.15. The topological polar surface area (TPSA) is 155 Å². The molecule has 3 amide bonds. The molecule has 4 fully saturated rings. The second-order valence-corrected chi connectivity index (χ2v) is 20.4. The number of nitrogens with zero attached hydrogens (tertiary/aromatic N) is 9. The highest BCUT2D eigenvalue weighted by Crippen LogP contribution is 2.38. The van der Waals surface area contributed by atoms with E-state index in [9.17, 15) is 24.0 Å². The minimum absolute atomic E-state index is 0.110. The summed E-state index contributed by atoms with van der Waals surface area (Å²) in [6.45, 7) is 10.8. The van der Waals surface area contributed by atoms with E-state index in [1.54, 1.807) is 34.6 Å². The van der Waals surface area contributed by atoms with Crippen LogP contribution in [-0.4, -0.2) is 127 Å². The minimum atomic E-state index is -0.685. The fourth-order valence-electron chi connectivity index (χ4n) is 11.6. The first-order chi connectivity index (χ1) is 34.4. The Balaban J connectivity index is 0.663. The number of hydrogen-bond acceptors (Lipinski definition) is 10. The van der Waals surface area contributed by atoms with Crippen molar-refractivity contribution in [3.63, 3.8) is 0 Å². The molecule has 0 bridgehead atoms. The van der Waals surface area contributed by atoms with Crippen LogP contribution in [0.2, 0.25) is 0 Å². The average Bonchev–Trinajstić information content (AvgIpc) is 4.10. The third-order valence-corrected chi connectivity index (χ3v) is 15.7. The normalized spacial score (nSPS) is 20.0. The molecule has 1 unspecified atom stereocenters. The van der Waals surface area contributed by atoms with Crippen LogP contribution in [0.4, 0.5) is 10.1 Å². The number of carbonyl (C=O) groups excluding carboxylic acids is 3. The van der Waals surface area contributed by atoms with Gasteiger partial charge in [0.1, 0.15) is 17.5 Å². The number of rotatable bonds is 12. The van der Waals surface area contributed by atoms with Crippen molar-refractivity contribution in [3.05, 3.63) is 128 Å². The highest BCUT2D eigenvalue weighted by molar-refractivity contribution is 6.00. The maximum absolute atomic E-state index is 16.1. The number of anilines is 1. The zero-order valence-corrected chi connectivity index (χ0v) is 40.8. The first-order valence-corrected chi connectivity index (χ1v) is 25.3. The molecular weight excluding hydrogens is 902 g/mol. The number of pyridine rings is 2. The zero-order valence-electron chi connectivity index (χ0n) is 40.8. The number of likely N-dealkylation sites (tertiary alicyclic amines) is 1. The van der Waals surface area contributed by atoms with E-state index in [0.717, 1.165) is 127 Å². The highest BCUT2D eigenvalue weighted by Gasteiger charge is 2.36. The van der Waals surface area contributed by atoms with Gasteiger partial charge in [-0.1, -0.05) is 12.1 Å². The molecule has 17 heteroatoms. The summed E-state index contributed by atoms with van der Waals surface area (Å²) in [4.78, 5) is 79.0. The summed E-state index contributed by atoms with van der Waals surface area (Å²) in [5.41, 5.74) is 8.59. The van der Waals surface area contributed by atoms with Gasteiger partial charge in [0, 0.05) is 145 Å². The number of fused-ring (bicyclic) bond motifs is 2. The molecule has 1 atom stereocenters. The smallest absolute Gasteiger partial charge is 0.330 e. The molecule has 3 saturated heterocycles. The van der Waals surface area contributed by atoms with Crippen molar-refractivity contribution >= 4 is 51.0 Å². The van der Waals surface area contributed by atoms with Gasteiger partial charge in [0.05, 0.1) is 16.7 Å². The summed E-state index contributed by atoms with van der Waals surface area (Å²) in [5.74, 6) is -0.676. The van der Waals surface area contributed by atoms with Crippen LogP contribution in [0.5, 0.6) is 0 Å². The number of piperazine rings is 1. The van der Waals surface area contributed by atoms with Crippen molar-refractivity contribution in [1.82, 2.24) is 48.2 Å². The number of aromatic nitrogens is 5. The first-order valence-electron chi connectivity index (χ1n) is 25.3. The molecule has 370 valence electrons. The Kier molecular flexibility index (Phi) is 12.6. The van der Waals surface area contributed by atoms with Gasteiger partial charge in [-0.25, -0.2) is 14.2 Å². The Morgan fingerprint density at radius 3 is 2.31 bits per heavy atom. The molecule has 5 aliphatic rings. The number of amides is 3. The van der Waals surface area contributed by atoms with E-state index in [4.69, 9.17) is 0 Å². The molecule has 1 aliphatic carbocycles. The molecule has 0 radical (unpaired) electrons. The molecule has 1 saturated carbocycles. The lowest BCUT2D eigenvalue weighted by Crippen LogP contribution is -2.48. The van der Waals surface area contributed by atoms with Crippen LogP contribution in [0.15, 0.2) is 82.7 Å². The Hall–Kier alpha value is -6.69. The molecular formula is C54H62FN11O5. The van der Waals surface area contributed by atoms with Gasteiger partial charge in [0.25, 0.3) is 11.5 Å². The van der Waals surface area contributed by atoms with Crippen LogP contribution < -0.4 is 21.9 Å². The molecule has 6 aromatic rings. The summed E-state index contributed by atoms with van der Waals surface area (Å²) < 4.78 is 23.2. The lowest BCUT2D eigenvalue weighted by molar-refractivity contribution is -0.135. The van der Waals surface area contributed by atoms with E-state index in [1.165, 1.54) is 6.07 Å². The van der Waals surface area contributed by atoms with Gasteiger partial charge in [-0.3, -0.25) is 48.0 Å². The summed E-state index contributed by atoms with van der Waals surface area (Å²) in [5, 5.41) is 6.33. The van der Waals surface area contributed by atoms with E-state index < -0.39 is 11.9 Å². The lowest BCUT2D eigenvalue weighted by Gasteiger charge is -2.39. The van der Waals surface area contributed by atoms with Crippen molar-refractivity contribution in [1.29, 1.82) is 0 Å². The molecule has 16 nitrogen and oxygen atoms in total. The highest BCUT2D eigenvalue weighted by atomic mass is 19.1. The standard InChI is InChI=1S/C54H62FN11O5/c1-34-26-38(28-43(55)50(34)37-13-17-60(18-14-37)33-41-30-42-44(10-16-57-51(42)59(41)3)64-21-15-39(56-2)29-49(64)68)53(70)63-19-11-35(12-20-63)31-61-22-24-62(25-23-61)32-36-4-7-45-47(27-36)65(40-5-6-40)54(71)66(45)46-8-9-48(67)58-52(46)69/h4,7,10,13,15-16,21,26-30,35,40,46,56H,5-6,8-9,11-12,14,17-20,22-25,31-33H2,1-3H3,(H,58,67,69). The number of benzene rings is 2. The number of carbonyl (C=O) groups is 3. The Bertz CT molecular complexity index is 3210. The maximum atomic E-state index is 16.1. The van der Waals surface area contributed by atoms with Crippen molar-refractivity contribution in [2.24, 2.45) is 13.0 Å². The summed E-state index contributed by atoms with van der Waals surface area (Å²) >= 11 is 0. The molecule has 0 spiro atoms. The number of imide groups is 1. The predicted octanol–water partition coefficient (Wildman–Crippen LogP) is 5.60.